The lowest BCUT2D eigenvalue weighted by atomic mass is 10.2. The van der Waals surface area contributed by atoms with Gasteiger partial charge in [0, 0.05) is 20.6 Å². The van der Waals surface area contributed by atoms with Crippen molar-refractivity contribution >= 4 is 21.8 Å². The summed E-state index contributed by atoms with van der Waals surface area (Å²) in [6, 6.07) is 4.99. The van der Waals surface area contributed by atoms with Crippen LogP contribution >= 0.6 is 0 Å². The van der Waals surface area contributed by atoms with Crippen molar-refractivity contribution in [3.8, 4) is 0 Å². The Bertz CT molecular complexity index is 603. The van der Waals surface area contributed by atoms with Crippen molar-refractivity contribution in [1.82, 2.24) is 9.62 Å². The molecule has 130 valence electrons. The minimum atomic E-state index is -3.85. The van der Waals surface area contributed by atoms with Crippen LogP contribution in [0.15, 0.2) is 24.3 Å². The average Bonchev–Trinajstić information content (AvgIpc) is 2.50. The third-order valence-electron chi connectivity index (χ3n) is 3.24. The minimum Gasteiger partial charge on any atom is -0.355 e. The van der Waals surface area contributed by atoms with Gasteiger partial charge in [-0.25, -0.2) is 8.70 Å². The number of rotatable bonds is 9. The van der Waals surface area contributed by atoms with Gasteiger partial charge in [-0.1, -0.05) is 19.8 Å². The molecule has 6 nitrogen and oxygen atoms in total. The molecule has 1 N–H and O–H groups in total. The van der Waals surface area contributed by atoms with Gasteiger partial charge in [0.25, 0.3) is 0 Å². The van der Waals surface area contributed by atoms with E-state index in [1.165, 1.54) is 26.2 Å². The van der Waals surface area contributed by atoms with E-state index < -0.39 is 21.9 Å². The van der Waals surface area contributed by atoms with Crippen LogP contribution < -0.4 is 9.62 Å². The van der Waals surface area contributed by atoms with E-state index in [4.69, 9.17) is 0 Å². The van der Waals surface area contributed by atoms with Crippen molar-refractivity contribution in [3.63, 3.8) is 0 Å². The van der Waals surface area contributed by atoms with E-state index in [2.05, 4.69) is 12.2 Å². The molecule has 0 aliphatic rings. The number of hydrogen-bond acceptors (Lipinski definition) is 3. The molecule has 8 heteroatoms. The number of halogens is 1. The second-order valence-electron chi connectivity index (χ2n) is 5.33. The molecule has 0 aliphatic heterocycles. The highest BCUT2D eigenvalue weighted by Gasteiger charge is 2.27. The van der Waals surface area contributed by atoms with Gasteiger partial charge in [-0.05, 0) is 30.7 Å². The number of nitrogens with zero attached hydrogens (tertiary/aromatic N) is 2. The van der Waals surface area contributed by atoms with E-state index in [9.17, 15) is 17.6 Å². The summed E-state index contributed by atoms with van der Waals surface area (Å²) in [6.45, 7) is 2.21. The van der Waals surface area contributed by atoms with Gasteiger partial charge >= 0.3 is 10.2 Å². The molecule has 0 aromatic heterocycles. The molecule has 1 rings (SSSR count). The first kappa shape index (κ1) is 19.4. The third-order valence-corrected chi connectivity index (χ3v) is 5.06. The van der Waals surface area contributed by atoms with Crippen LogP contribution in [-0.2, 0) is 15.0 Å². The number of anilines is 1. The molecule has 0 heterocycles. The molecular weight excluding hydrogens is 321 g/mol. The Labute approximate surface area is 137 Å². The topological polar surface area (TPSA) is 69.7 Å². The second kappa shape index (κ2) is 8.83. The Hall–Kier alpha value is -1.67. The van der Waals surface area contributed by atoms with Crippen LogP contribution in [0.25, 0.3) is 0 Å². The van der Waals surface area contributed by atoms with Gasteiger partial charge in [0.05, 0.1) is 5.69 Å². The van der Waals surface area contributed by atoms with Crippen LogP contribution in [-0.4, -0.2) is 45.8 Å². The summed E-state index contributed by atoms with van der Waals surface area (Å²) in [4.78, 5) is 12.0. The Morgan fingerprint density at radius 2 is 1.78 bits per heavy atom. The zero-order chi connectivity index (χ0) is 17.5. The molecule has 1 amide bonds. The quantitative estimate of drug-likeness (QED) is 0.693. The Morgan fingerprint density at radius 1 is 1.17 bits per heavy atom. The smallest absolute Gasteiger partial charge is 0.304 e. The summed E-state index contributed by atoms with van der Waals surface area (Å²) in [5, 5.41) is 2.70. The van der Waals surface area contributed by atoms with Crippen molar-refractivity contribution in [1.29, 1.82) is 0 Å². The number of carbonyl (C=O) groups excluding carboxylic acids is 1. The molecule has 0 radical (unpaired) electrons. The summed E-state index contributed by atoms with van der Waals surface area (Å²) in [6.07, 6.45) is 2.88. The Kier molecular flexibility index (Phi) is 7.44. The highest BCUT2D eigenvalue weighted by molar-refractivity contribution is 7.90. The molecule has 0 saturated heterocycles. The monoisotopic (exact) mass is 345 g/mol. The summed E-state index contributed by atoms with van der Waals surface area (Å²) < 4.78 is 39.8. The summed E-state index contributed by atoms with van der Waals surface area (Å²) >= 11 is 0. The minimum absolute atomic E-state index is 0.240. The van der Waals surface area contributed by atoms with Crippen LogP contribution in [0.4, 0.5) is 10.1 Å². The van der Waals surface area contributed by atoms with Crippen molar-refractivity contribution < 1.29 is 17.6 Å². The summed E-state index contributed by atoms with van der Waals surface area (Å²) in [5.41, 5.74) is 0.240. The highest BCUT2D eigenvalue weighted by Crippen LogP contribution is 2.19. The maximum Gasteiger partial charge on any atom is 0.304 e. The molecule has 1 aromatic rings. The molecule has 0 spiro atoms. The maximum atomic E-state index is 13.0. The van der Waals surface area contributed by atoms with E-state index in [1.54, 1.807) is 0 Å². The first-order valence-electron chi connectivity index (χ1n) is 7.51. The van der Waals surface area contributed by atoms with E-state index >= 15 is 0 Å². The third kappa shape index (κ3) is 5.80. The lowest BCUT2D eigenvalue weighted by Gasteiger charge is -2.26. The van der Waals surface area contributed by atoms with Gasteiger partial charge in [0.1, 0.15) is 12.4 Å². The highest BCUT2D eigenvalue weighted by atomic mass is 32.2. The number of amides is 1. The van der Waals surface area contributed by atoms with Gasteiger partial charge in [-0.2, -0.15) is 12.7 Å². The average molecular weight is 345 g/mol. The molecular formula is C15H24FN3O3S. The van der Waals surface area contributed by atoms with Crippen LogP contribution in [0.3, 0.4) is 0 Å². The predicted octanol–water partition coefficient (Wildman–Crippen LogP) is 1.74. The fourth-order valence-corrected chi connectivity index (χ4v) is 2.96. The van der Waals surface area contributed by atoms with Gasteiger partial charge in [-0.3, -0.25) is 4.79 Å². The summed E-state index contributed by atoms with van der Waals surface area (Å²) in [5.74, 6) is -0.865. The normalized spacial score (nSPS) is 11.5. The predicted molar refractivity (Wildman–Crippen MR) is 88.9 cm³/mol. The second-order valence-corrected chi connectivity index (χ2v) is 7.40. The van der Waals surface area contributed by atoms with E-state index in [1.807, 2.05) is 0 Å². The van der Waals surface area contributed by atoms with E-state index in [-0.39, 0.29) is 12.2 Å². The molecule has 0 aliphatic carbocycles. The SMILES string of the molecule is CCCCCNC(=O)CN(c1ccc(F)cc1)S(=O)(=O)N(C)C. The van der Waals surface area contributed by atoms with Crippen molar-refractivity contribution in [2.24, 2.45) is 0 Å². The number of nitrogens with one attached hydrogen (secondary N) is 1. The molecule has 0 unspecified atom stereocenters. The number of benzene rings is 1. The van der Waals surface area contributed by atoms with Crippen molar-refractivity contribution in [2.75, 3.05) is 31.5 Å². The molecule has 23 heavy (non-hydrogen) atoms. The lowest BCUT2D eigenvalue weighted by molar-refractivity contribution is -0.119. The van der Waals surface area contributed by atoms with Crippen molar-refractivity contribution in [3.05, 3.63) is 30.1 Å². The zero-order valence-corrected chi connectivity index (χ0v) is 14.6. The van der Waals surface area contributed by atoms with E-state index in [0.717, 1.165) is 40.0 Å². The standard InChI is InChI=1S/C15H24FN3O3S/c1-4-5-6-11-17-15(20)12-19(23(21,22)18(2)3)14-9-7-13(16)8-10-14/h7-10H,4-6,11-12H2,1-3H3,(H,17,20). The zero-order valence-electron chi connectivity index (χ0n) is 13.8. The maximum absolute atomic E-state index is 13.0. The van der Waals surface area contributed by atoms with Crippen LogP contribution in [0.5, 0.6) is 0 Å². The van der Waals surface area contributed by atoms with Gasteiger partial charge in [0.2, 0.25) is 5.91 Å². The molecule has 0 saturated carbocycles. The molecule has 0 fully saturated rings. The van der Waals surface area contributed by atoms with Gasteiger partial charge in [-0.15, -0.1) is 0 Å². The van der Waals surface area contributed by atoms with Crippen LogP contribution in [0.1, 0.15) is 26.2 Å². The van der Waals surface area contributed by atoms with Crippen molar-refractivity contribution in [2.45, 2.75) is 26.2 Å². The number of unbranched alkanes of at least 4 members (excludes halogenated alkanes) is 2. The Morgan fingerprint density at radius 3 is 2.30 bits per heavy atom. The summed E-state index contributed by atoms with van der Waals surface area (Å²) in [7, 11) is -1.09. The van der Waals surface area contributed by atoms with Gasteiger partial charge in [0.15, 0.2) is 0 Å². The number of hydrogen-bond donors (Lipinski definition) is 1. The Balaban J connectivity index is 2.89. The van der Waals surface area contributed by atoms with Crippen LogP contribution in [0, 0.1) is 5.82 Å². The fraction of sp³-hybridized carbons (Fsp3) is 0.533. The fourth-order valence-electron chi connectivity index (χ4n) is 1.90. The van der Waals surface area contributed by atoms with Gasteiger partial charge < -0.3 is 5.32 Å². The first-order valence-corrected chi connectivity index (χ1v) is 8.91. The number of carbonyl (C=O) groups is 1. The molecule has 0 bridgehead atoms. The molecule has 1 aromatic carbocycles. The largest absolute Gasteiger partial charge is 0.355 e. The van der Waals surface area contributed by atoms with Crippen LogP contribution in [0.2, 0.25) is 0 Å². The molecule has 0 atom stereocenters. The lowest BCUT2D eigenvalue weighted by Crippen LogP contribution is -2.45. The van der Waals surface area contributed by atoms with E-state index in [0.29, 0.717) is 6.54 Å². The first-order chi connectivity index (χ1) is 10.8.